The lowest BCUT2D eigenvalue weighted by molar-refractivity contribution is -0.126. The highest BCUT2D eigenvalue weighted by Gasteiger charge is 2.33. The van der Waals surface area contributed by atoms with Crippen molar-refractivity contribution in [2.75, 3.05) is 25.5 Å². The fourth-order valence-corrected chi connectivity index (χ4v) is 3.04. The first-order valence-electron chi connectivity index (χ1n) is 9.14. The number of carbonyl (C=O) groups excluding carboxylic acids is 5. The van der Waals surface area contributed by atoms with Crippen molar-refractivity contribution in [2.45, 2.75) is 6.92 Å². The molecular formula is C21H18ClN3O6. The number of nitrogens with one attached hydrogen (secondary N) is 2. The molecule has 0 saturated carbocycles. The number of nitrogens with zero attached hydrogens (tertiary/aromatic N) is 1. The maximum absolute atomic E-state index is 12.2. The highest BCUT2D eigenvalue weighted by molar-refractivity contribution is 6.31. The predicted molar refractivity (Wildman–Crippen MR) is 111 cm³/mol. The van der Waals surface area contributed by atoms with E-state index in [4.69, 9.17) is 16.3 Å². The van der Waals surface area contributed by atoms with Gasteiger partial charge in [0.2, 0.25) is 5.91 Å². The summed E-state index contributed by atoms with van der Waals surface area (Å²) in [6.07, 6.45) is 0. The van der Waals surface area contributed by atoms with Crippen LogP contribution in [0, 0.1) is 6.92 Å². The summed E-state index contributed by atoms with van der Waals surface area (Å²) in [7, 11) is 1.34. The van der Waals surface area contributed by atoms with Crippen LogP contribution in [0.2, 0.25) is 5.02 Å². The van der Waals surface area contributed by atoms with Crippen LogP contribution in [-0.2, 0) is 14.3 Å². The molecule has 0 radical (unpaired) electrons. The molecule has 0 aromatic heterocycles. The molecule has 1 heterocycles. The quantitative estimate of drug-likeness (QED) is 0.518. The minimum Gasteiger partial charge on any atom is -0.452 e. The molecule has 0 unspecified atom stereocenters. The zero-order valence-electron chi connectivity index (χ0n) is 16.7. The number of hydrogen-bond acceptors (Lipinski definition) is 6. The van der Waals surface area contributed by atoms with Gasteiger partial charge < -0.3 is 15.4 Å². The van der Waals surface area contributed by atoms with Crippen molar-refractivity contribution in [1.82, 2.24) is 10.2 Å². The minimum atomic E-state index is -0.841. The van der Waals surface area contributed by atoms with Gasteiger partial charge in [-0.1, -0.05) is 17.7 Å². The number of carbonyl (C=O) groups is 5. The lowest BCUT2D eigenvalue weighted by Gasteiger charge is -2.10. The van der Waals surface area contributed by atoms with E-state index in [0.717, 1.165) is 4.90 Å². The van der Waals surface area contributed by atoms with E-state index in [1.54, 1.807) is 25.1 Å². The molecule has 4 amide bonds. The lowest BCUT2D eigenvalue weighted by atomic mass is 10.1. The van der Waals surface area contributed by atoms with Gasteiger partial charge in [0.05, 0.1) is 23.2 Å². The van der Waals surface area contributed by atoms with Crippen molar-refractivity contribution >= 4 is 46.9 Å². The molecule has 31 heavy (non-hydrogen) atoms. The third-order valence-corrected chi connectivity index (χ3v) is 5.06. The molecule has 2 N–H and O–H groups in total. The van der Waals surface area contributed by atoms with Crippen molar-refractivity contribution in [3.63, 3.8) is 0 Å². The normalized spacial score (nSPS) is 12.4. The van der Waals surface area contributed by atoms with Crippen LogP contribution >= 0.6 is 11.6 Å². The monoisotopic (exact) mass is 443 g/mol. The number of ether oxygens (including phenoxy) is 1. The summed E-state index contributed by atoms with van der Waals surface area (Å²) in [5.41, 5.74) is 1.53. The van der Waals surface area contributed by atoms with Crippen molar-refractivity contribution in [3.8, 4) is 0 Å². The molecule has 0 bridgehead atoms. The van der Waals surface area contributed by atoms with E-state index in [0.29, 0.717) is 16.3 Å². The number of benzene rings is 2. The number of imide groups is 1. The Hall–Kier alpha value is -3.72. The number of fused-ring (bicyclic) bond motifs is 1. The Kier molecular flexibility index (Phi) is 6.36. The zero-order chi connectivity index (χ0) is 22.7. The molecule has 0 saturated heterocycles. The average molecular weight is 444 g/mol. The van der Waals surface area contributed by atoms with Gasteiger partial charge in [0.1, 0.15) is 0 Å². The molecule has 0 aliphatic carbocycles. The summed E-state index contributed by atoms with van der Waals surface area (Å²) in [6, 6.07) is 9.00. The Morgan fingerprint density at radius 1 is 1.03 bits per heavy atom. The fraction of sp³-hybridized carbons (Fsp3) is 0.190. The molecule has 0 fully saturated rings. The Morgan fingerprint density at radius 3 is 2.48 bits per heavy atom. The summed E-state index contributed by atoms with van der Waals surface area (Å²) in [6.45, 7) is 0.798. The third-order valence-electron chi connectivity index (χ3n) is 4.65. The van der Waals surface area contributed by atoms with Gasteiger partial charge in [-0.25, -0.2) is 4.79 Å². The molecule has 3 rings (SSSR count). The highest BCUT2D eigenvalue weighted by atomic mass is 35.5. The van der Waals surface area contributed by atoms with E-state index < -0.39 is 36.2 Å². The van der Waals surface area contributed by atoms with Crippen LogP contribution in [0.5, 0.6) is 0 Å². The SMILES string of the molecule is Cc1c(Cl)cccc1NC(=O)CNC(=O)COC(=O)c1ccc2c(c1)C(=O)N(C)C2=O. The molecule has 1 aliphatic rings. The lowest BCUT2D eigenvalue weighted by Crippen LogP contribution is -2.35. The average Bonchev–Trinajstić information content (AvgIpc) is 2.97. The molecule has 160 valence electrons. The van der Waals surface area contributed by atoms with Crippen molar-refractivity contribution < 1.29 is 28.7 Å². The van der Waals surface area contributed by atoms with E-state index in [2.05, 4.69) is 10.6 Å². The van der Waals surface area contributed by atoms with Crippen LogP contribution in [-0.4, -0.2) is 54.7 Å². The largest absolute Gasteiger partial charge is 0.452 e. The number of halogens is 1. The van der Waals surface area contributed by atoms with E-state index >= 15 is 0 Å². The molecule has 0 atom stereocenters. The smallest absolute Gasteiger partial charge is 0.338 e. The summed E-state index contributed by atoms with van der Waals surface area (Å²) in [5, 5.41) is 5.46. The second kappa shape index (κ2) is 8.97. The molecule has 9 nitrogen and oxygen atoms in total. The maximum atomic E-state index is 12.2. The van der Waals surface area contributed by atoms with Crippen LogP contribution in [0.15, 0.2) is 36.4 Å². The third kappa shape index (κ3) is 4.72. The molecular weight excluding hydrogens is 426 g/mol. The summed E-state index contributed by atoms with van der Waals surface area (Å²) < 4.78 is 4.91. The Morgan fingerprint density at radius 2 is 1.74 bits per heavy atom. The standard InChI is InChI=1S/C21H18ClN3O6/c1-11-15(22)4-3-5-16(11)24-17(26)9-23-18(27)10-31-21(30)12-6-7-13-14(8-12)20(29)25(2)19(13)28/h3-8H,9-10H2,1-2H3,(H,23,27)(H,24,26). The summed E-state index contributed by atoms with van der Waals surface area (Å²) in [4.78, 5) is 60.9. The number of rotatable bonds is 6. The Labute approximate surface area is 182 Å². The molecule has 1 aliphatic heterocycles. The second-order valence-corrected chi connectivity index (χ2v) is 7.15. The number of hydrogen-bond donors (Lipinski definition) is 2. The van der Waals surface area contributed by atoms with Gasteiger partial charge in [-0.05, 0) is 42.8 Å². The number of amides is 4. The van der Waals surface area contributed by atoms with E-state index in [9.17, 15) is 24.0 Å². The zero-order valence-corrected chi connectivity index (χ0v) is 17.4. The fourth-order valence-electron chi connectivity index (χ4n) is 2.87. The molecule has 10 heteroatoms. The minimum absolute atomic E-state index is 0.0252. The van der Waals surface area contributed by atoms with E-state index in [1.165, 1.54) is 25.2 Å². The first-order chi connectivity index (χ1) is 14.7. The van der Waals surface area contributed by atoms with Gasteiger partial charge in [-0.3, -0.25) is 24.1 Å². The van der Waals surface area contributed by atoms with Crippen LogP contribution in [0.1, 0.15) is 36.6 Å². The van der Waals surface area contributed by atoms with Gasteiger partial charge in [0.15, 0.2) is 6.61 Å². The van der Waals surface area contributed by atoms with Crippen LogP contribution in [0.25, 0.3) is 0 Å². The summed E-state index contributed by atoms with van der Waals surface area (Å²) >= 11 is 5.99. The van der Waals surface area contributed by atoms with Gasteiger partial charge in [-0.2, -0.15) is 0 Å². The van der Waals surface area contributed by atoms with Gasteiger partial charge in [-0.15, -0.1) is 0 Å². The van der Waals surface area contributed by atoms with Gasteiger partial charge in [0.25, 0.3) is 17.7 Å². The summed E-state index contributed by atoms with van der Waals surface area (Å²) in [5.74, 6) is -2.97. The van der Waals surface area contributed by atoms with Crippen LogP contribution in [0.4, 0.5) is 5.69 Å². The van der Waals surface area contributed by atoms with Gasteiger partial charge in [0, 0.05) is 17.8 Å². The molecule has 2 aromatic rings. The highest BCUT2D eigenvalue weighted by Crippen LogP contribution is 2.23. The maximum Gasteiger partial charge on any atom is 0.338 e. The molecule has 2 aromatic carbocycles. The van der Waals surface area contributed by atoms with Crippen LogP contribution in [0.3, 0.4) is 0 Å². The predicted octanol–water partition coefficient (Wildman–Crippen LogP) is 1.79. The number of anilines is 1. The van der Waals surface area contributed by atoms with Crippen molar-refractivity contribution in [2.24, 2.45) is 0 Å². The van der Waals surface area contributed by atoms with Gasteiger partial charge >= 0.3 is 5.97 Å². The first-order valence-corrected chi connectivity index (χ1v) is 9.52. The second-order valence-electron chi connectivity index (χ2n) is 6.74. The number of esters is 1. The van der Waals surface area contributed by atoms with Crippen molar-refractivity contribution in [3.05, 3.63) is 63.7 Å². The molecule has 0 spiro atoms. The van der Waals surface area contributed by atoms with Crippen LogP contribution < -0.4 is 10.6 Å². The van der Waals surface area contributed by atoms with Crippen molar-refractivity contribution in [1.29, 1.82) is 0 Å². The first kappa shape index (κ1) is 22.0. The Balaban J connectivity index is 1.49. The van der Waals surface area contributed by atoms with E-state index in [1.807, 2.05) is 0 Å². The van der Waals surface area contributed by atoms with E-state index in [-0.39, 0.29) is 23.2 Å². The topological polar surface area (TPSA) is 122 Å². The Bertz CT molecular complexity index is 1110.